The zero-order chi connectivity index (χ0) is 14.8. The lowest BCUT2D eigenvalue weighted by Crippen LogP contribution is -2.38. The number of aliphatic carboxylic acids is 1. The average molecular weight is 280 g/mol. The van der Waals surface area contributed by atoms with Crippen LogP contribution in [0.25, 0.3) is 0 Å². The number of phenols is 1. The molecule has 0 aromatic heterocycles. The summed E-state index contributed by atoms with van der Waals surface area (Å²) >= 11 is 0. The van der Waals surface area contributed by atoms with Gasteiger partial charge in [0.2, 0.25) is 0 Å². The Labute approximate surface area is 117 Å². The number of aliphatic hydroxyl groups excluding tert-OH is 1. The highest BCUT2D eigenvalue weighted by atomic mass is 16.5. The van der Waals surface area contributed by atoms with Crippen LogP contribution in [0.1, 0.15) is 50.7 Å². The third-order valence-electron chi connectivity index (χ3n) is 3.68. The average Bonchev–Trinajstić information content (AvgIpc) is 2.36. The smallest absolute Gasteiger partial charge is 0.303 e. The fourth-order valence-corrected chi connectivity index (χ4v) is 2.64. The first-order valence-corrected chi connectivity index (χ1v) is 6.81. The summed E-state index contributed by atoms with van der Waals surface area (Å²) in [5.41, 5.74) is 0.107. The number of carboxylic acid groups (broad SMARTS) is 1. The van der Waals surface area contributed by atoms with Crippen molar-refractivity contribution in [3.63, 3.8) is 0 Å². The van der Waals surface area contributed by atoms with Crippen LogP contribution in [0.5, 0.6) is 11.5 Å². The Kier molecular flexibility index (Phi) is 4.18. The molecule has 0 saturated carbocycles. The van der Waals surface area contributed by atoms with E-state index in [1.165, 1.54) is 12.1 Å². The molecule has 0 bridgehead atoms. The van der Waals surface area contributed by atoms with Crippen molar-refractivity contribution in [1.82, 2.24) is 0 Å². The number of aromatic hydroxyl groups is 1. The number of ether oxygens (including phenoxy) is 1. The molecule has 1 aliphatic rings. The molecule has 5 nitrogen and oxygen atoms in total. The molecule has 20 heavy (non-hydrogen) atoms. The molecular weight excluding hydrogens is 260 g/mol. The molecule has 0 fully saturated rings. The summed E-state index contributed by atoms with van der Waals surface area (Å²) in [6.07, 6.45) is 1.96. The van der Waals surface area contributed by atoms with Gasteiger partial charge in [-0.05, 0) is 44.4 Å². The normalized spacial score (nSPS) is 24.8. The second-order valence-electron chi connectivity index (χ2n) is 5.59. The second-order valence-corrected chi connectivity index (χ2v) is 5.59. The van der Waals surface area contributed by atoms with E-state index in [-0.39, 0.29) is 12.2 Å². The molecule has 0 amide bonds. The molecular formula is C15H20O5. The Balaban J connectivity index is 2.01. The van der Waals surface area contributed by atoms with Crippen LogP contribution in [0.4, 0.5) is 0 Å². The standard InChI is InChI=1S/C15H20O5/c1-15(7-3-2-4-14(18)19)9-12(17)11-8-10(16)5-6-13(11)20-15/h5-6,8,12,16-17H,2-4,7,9H2,1H3,(H,18,19). The van der Waals surface area contributed by atoms with Gasteiger partial charge in [-0.1, -0.05) is 0 Å². The van der Waals surface area contributed by atoms with Gasteiger partial charge in [-0.25, -0.2) is 0 Å². The van der Waals surface area contributed by atoms with Gasteiger partial charge in [0.15, 0.2) is 0 Å². The van der Waals surface area contributed by atoms with Gasteiger partial charge in [0, 0.05) is 18.4 Å². The van der Waals surface area contributed by atoms with Gasteiger partial charge >= 0.3 is 5.97 Å². The van der Waals surface area contributed by atoms with Gasteiger partial charge in [0.1, 0.15) is 17.1 Å². The molecule has 0 saturated heterocycles. The fraction of sp³-hybridized carbons (Fsp3) is 0.533. The van der Waals surface area contributed by atoms with E-state index in [0.717, 1.165) is 6.42 Å². The number of rotatable bonds is 5. The molecule has 2 unspecified atom stereocenters. The van der Waals surface area contributed by atoms with Gasteiger partial charge in [-0.15, -0.1) is 0 Å². The summed E-state index contributed by atoms with van der Waals surface area (Å²) in [5, 5.41) is 28.2. The van der Waals surface area contributed by atoms with E-state index in [9.17, 15) is 15.0 Å². The Morgan fingerprint density at radius 2 is 2.20 bits per heavy atom. The second kappa shape index (κ2) is 5.71. The van der Waals surface area contributed by atoms with Crippen LogP contribution in [0, 0.1) is 0 Å². The van der Waals surface area contributed by atoms with E-state index in [4.69, 9.17) is 9.84 Å². The molecule has 0 spiro atoms. The summed E-state index contributed by atoms with van der Waals surface area (Å²) in [6, 6.07) is 4.70. The molecule has 5 heteroatoms. The van der Waals surface area contributed by atoms with Crippen LogP contribution in [-0.2, 0) is 4.79 Å². The van der Waals surface area contributed by atoms with Crippen LogP contribution >= 0.6 is 0 Å². The maximum absolute atomic E-state index is 10.5. The number of hydrogen-bond donors (Lipinski definition) is 3. The maximum atomic E-state index is 10.5. The minimum atomic E-state index is -0.791. The van der Waals surface area contributed by atoms with E-state index >= 15 is 0 Å². The predicted molar refractivity (Wildman–Crippen MR) is 72.8 cm³/mol. The van der Waals surface area contributed by atoms with E-state index in [1.54, 1.807) is 6.07 Å². The van der Waals surface area contributed by atoms with E-state index in [1.807, 2.05) is 6.92 Å². The lowest BCUT2D eigenvalue weighted by Gasteiger charge is -2.38. The number of carbonyl (C=O) groups is 1. The monoisotopic (exact) mass is 280 g/mol. The van der Waals surface area contributed by atoms with E-state index < -0.39 is 17.7 Å². The van der Waals surface area contributed by atoms with E-state index in [0.29, 0.717) is 30.6 Å². The third kappa shape index (κ3) is 3.42. The molecule has 3 N–H and O–H groups in total. The van der Waals surface area contributed by atoms with Gasteiger partial charge in [-0.3, -0.25) is 4.79 Å². The zero-order valence-electron chi connectivity index (χ0n) is 11.5. The molecule has 110 valence electrons. The molecule has 1 aromatic carbocycles. The van der Waals surface area contributed by atoms with Crippen molar-refractivity contribution in [3.8, 4) is 11.5 Å². The summed E-state index contributed by atoms with van der Waals surface area (Å²) in [6.45, 7) is 1.92. The molecule has 0 aliphatic carbocycles. The van der Waals surface area contributed by atoms with Crippen LogP contribution < -0.4 is 4.74 Å². The largest absolute Gasteiger partial charge is 0.508 e. The van der Waals surface area contributed by atoms with Crippen LogP contribution in [0.2, 0.25) is 0 Å². The molecule has 1 heterocycles. The highest BCUT2D eigenvalue weighted by Crippen LogP contribution is 2.42. The number of benzene rings is 1. The number of fused-ring (bicyclic) bond motifs is 1. The SMILES string of the molecule is CC1(CCCCC(=O)O)CC(O)c2cc(O)ccc2O1. The number of carboxylic acids is 1. The van der Waals surface area contributed by atoms with Crippen molar-refractivity contribution in [2.45, 2.75) is 50.7 Å². The van der Waals surface area contributed by atoms with Crippen LogP contribution in [0.3, 0.4) is 0 Å². The minimum absolute atomic E-state index is 0.108. The number of aliphatic hydroxyl groups is 1. The molecule has 1 aromatic rings. The quantitative estimate of drug-likeness (QED) is 0.722. The van der Waals surface area contributed by atoms with Crippen molar-refractivity contribution < 1.29 is 24.9 Å². The van der Waals surface area contributed by atoms with Crippen LogP contribution in [-0.4, -0.2) is 26.9 Å². The Morgan fingerprint density at radius 3 is 2.90 bits per heavy atom. The fourth-order valence-electron chi connectivity index (χ4n) is 2.64. The first-order valence-electron chi connectivity index (χ1n) is 6.81. The first-order chi connectivity index (χ1) is 9.39. The van der Waals surface area contributed by atoms with Crippen molar-refractivity contribution in [3.05, 3.63) is 23.8 Å². The highest BCUT2D eigenvalue weighted by Gasteiger charge is 2.36. The summed E-state index contributed by atoms with van der Waals surface area (Å²) in [4.78, 5) is 10.5. The molecule has 0 radical (unpaired) electrons. The third-order valence-corrected chi connectivity index (χ3v) is 3.68. The van der Waals surface area contributed by atoms with Gasteiger partial charge in [0.05, 0.1) is 6.10 Å². The molecule has 2 rings (SSSR count). The molecule has 1 aliphatic heterocycles. The highest BCUT2D eigenvalue weighted by molar-refractivity contribution is 5.66. The summed E-state index contributed by atoms with van der Waals surface area (Å²) in [7, 11) is 0. The number of unbranched alkanes of at least 4 members (excludes halogenated alkanes) is 1. The van der Waals surface area contributed by atoms with Crippen molar-refractivity contribution in [2.75, 3.05) is 0 Å². The lowest BCUT2D eigenvalue weighted by molar-refractivity contribution is -0.137. The van der Waals surface area contributed by atoms with Gasteiger partial charge in [0.25, 0.3) is 0 Å². The Bertz CT molecular complexity index is 499. The Morgan fingerprint density at radius 1 is 1.45 bits per heavy atom. The van der Waals surface area contributed by atoms with Crippen molar-refractivity contribution in [1.29, 1.82) is 0 Å². The topological polar surface area (TPSA) is 87.0 Å². The van der Waals surface area contributed by atoms with Crippen molar-refractivity contribution in [2.24, 2.45) is 0 Å². The number of hydrogen-bond acceptors (Lipinski definition) is 4. The van der Waals surface area contributed by atoms with Gasteiger partial charge < -0.3 is 20.1 Å². The minimum Gasteiger partial charge on any atom is -0.508 e. The van der Waals surface area contributed by atoms with E-state index in [2.05, 4.69) is 0 Å². The summed E-state index contributed by atoms with van der Waals surface area (Å²) < 4.78 is 5.93. The number of phenolic OH excluding ortho intramolecular Hbond substituents is 1. The van der Waals surface area contributed by atoms with Crippen molar-refractivity contribution >= 4 is 5.97 Å². The zero-order valence-corrected chi connectivity index (χ0v) is 11.5. The first kappa shape index (κ1) is 14.7. The summed E-state index contributed by atoms with van der Waals surface area (Å²) in [5.74, 6) is -0.0979. The Hall–Kier alpha value is -1.75. The predicted octanol–water partition coefficient (Wildman–Crippen LogP) is 2.61. The van der Waals surface area contributed by atoms with Crippen LogP contribution in [0.15, 0.2) is 18.2 Å². The van der Waals surface area contributed by atoms with Gasteiger partial charge in [-0.2, -0.15) is 0 Å². The molecule has 2 atom stereocenters. The lowest BCUT2D eigenvalue weighted by atomic mass is 9.86. The maximum Gasteiger partial charge on any atom is 0.303 e.